The first-order valence-electron chi connectivity index (χ1n) is 7.58. The van der Waals surface area contributed by atoms with Gasteiger partial charge in [0, 0.05) is 39.3 Å². The van der Waals surface area contributed by atoms with Crippen molar-refractivity contribution in [1.82, 2.24) is 9.80 Å². The van der Waals surface area contributed by atoms with Crippen LogP contribution in [0.3, 0.4) is 0 Å². The Morgan fingerprint density at radius 2 is 1.77 bits per heavy atom. The molecule has 0 aliphatic carbocycles. The maximum atomic E-state index is 10.1. The van der Waals surface area contributed by atoms with Crippen LogP contribution in [0.15, 0.2) is 24.3 Å². The van der Waals surface area contributed by atoms with Gasteiger partial charge in [0.2, 0.25) is 0 Å². The maximum absolute atomic E-state index is 10.1. The highest BCUT2D eigenvalue weighted by Crippen LogP contribution is 2.12. The monoisotopic (exact) mass is 305 g/mol. The van der Waals surface area contributed by atoms with E-state index >= 15 is 0 Å². The predicted octanol–water partition coefficient (Wildman–Crippen LogP) is -0.0921. The van der Waals surface area contributed by atoms with Gasteiger partial charge in [0.25, 0.3) is 0 Å². The molecule has 2 N–H and O–H groups in total. The van der Waals surface area contributed by atoms with Crippen LogP contribution in [0, 0.1) is 11.3 Å². The summed E-state index contributed by atoms with van der Waals surface area (Å²) in [6, 6.07) is 8.92. The lowest BCUT2D eigenvalue weighted by molar-refractivity contribution is 0.0428. The molecule has 0 aromatic heterocycles. The van der Waals surface area contributed by atoms with Crippen LogP contribution in [0.4, 0.5) is 0 Å². The first kappa shape index (κ1) is 16.7. The molecule has 6 nitrogen and oxygen atoms in total. The molecule has 1 aromatic carbocycles. The lowest BCUT2D eigenvalue weighted by Crippen LogP contribution is -2.49. The lowest BCUT2D eigenvalue weighted by atomic mass is 10.2. The van der Waals surface area contributed by atoms with Crippen molar-refractivity contribution < 1.29 is 14.9 Å². The summed E-state index contributed by atoms with van der Waals surface area (Å²) >= 11 is 0. The van der Waals surface area contributed by atoms with Crippen LogP contribution >= 0.6 is 0 Å². The third-order valence-electron chi connectivity index (χ3n) is 3.78. The number of rotatable bonds is 7. The van der Waals surface area contributed by atoms with Crippen LogP contribution in [0.25, 0.3) is 0 Å². The van der Waals surface area contributed by atoms with Crippen molar-refractivity contribution in [3.8, 4) is 11.8 Å². The normalized spacial score (nSPS) is 17.9. The molecule has 0 amide bonds. The van der Waals surface area contributed by atoms with Gasteiger partial charge in [0.1, 0.15) is 18.5 Å². The number of piperazine rings is 1. The summed E-state index contributed by atoms with van der Waals surface area (Å²) in [5.41, 5.74) is 0.591. The summed E-state index contributed by atoms with van der Waals surface area (Å²) in [7, 11) is 0. The SMILES string of the molecule is N#Cc1ccc(OCC(O)CN2CCN(CCO)CC2)cc1. The van der Waals surface area contributed by atoms with E-state index in [1.54, 1.807) is 24.3 Å². The Balaban J connectivity index is 1.67. The maximum Gasteiger partial charge on any atom is 0.119 e. The first-order valence-corrected chi connectivity index (χ1v) is 7.58. The number of aliphatic hydroxyl groups is 2. The van der Waals surface area contributed by atoms with Gasteiger partial charge in [-0.05, 0) is 24.3 Å². The van der Waals surface area contributed by atoms with Crippen molar-refractivity contribution in [2.75, 3.05) is 52.5 Å². The summed E-state index contributed by atoms with van der Waals surface area (Å²) in [6.07, 6.45) is -0.542. The standard InChI is InChI=1S/C16H23N3O3/c17-11-14-1-3-16(4-2-14)22-13-15(21)12-19-7-5-18(6-8-19)9-10-20/h1-4,15,20-21H,5-10,12-13H2. The molecule has 1 aromatic rings. The fourth-order valence-electron chi connectivity index (χ4n) is 2.51. The Morgan fingerprint density at radius 3 is 2.36 bits per heavy atom. The van der Waals surface area contributed by atoms with Crippen LogP contribution in [-0.4, -0.2) is 78.6 Å². The largest absolute Gasteiger partial charge is 0.491 e. The zero-order chi connectivity index (χ0) is 15.8. The molecule has 6 heteroatoms. The van der Waals surface area contributed by atoms with Crippen molar-refractivity contribution in [1.29, 1.82) is 5.26 Å². The minimum Gasteiger partial charge on any atom is -0.491 e. The minimum atomic E-state index is -0.542. The van der Waals surface area contributed by atoms with Crippen LogP contribution in [0.5, 0.6) is 5.75 Å². The third-order valence-corrected chi connectivity index (χ3v) is 3.78. The highest BCUT2D eigenvalue weighted by atomic mass is 16.5. The van der Waals surface area contributed by atoms with E-state index in [-0.39, 0.29) is 13.2 Å². The topological polar surface area (TPSA) is 80.0 Å². The Bertz CT molecular complexity index is 478. The number of benzene rings is 1. The fraction of sp³-hybridized carbons (Fsp3) is 0.562. The van der Waals surface area contributed by atoms with Crippen molar-refractivity contribution in [2.24, 2.45) is 0 Å². The van der Waals surface area contributed by atoms with Gasteiger partial charge in [0.05, 0.1) is 18.2 Å². The minimum absolute atomic E-state index is 0.195. The van der Waals surface area contributed by atoms with Crippen LogP contribution < -0.4 is 4.74 Å². The molecule has 1 atom stereocenters. The molecule has 0 bridgehead atoms. The first-order chi connectivity index (χ1) is 10.7. The van der Waals surface area contributed by atoms with Gasteiger partial charge in [-0.3, -0.25) is 9.80 Å². The molecule has 1 saturated heterocycles. The molecule has 1 aliphatic heterocycles. The smallest absolute Gasteiger partial charge is 0.119 e. The van der Waals surface area contributed by atoms with E-state index in [9.17, 15) is 5.11 Å². The molecular formula is C16H23N3O3. The third kappa shape index (κ3) is 5.28. The van der Waals surface area contributed by atoms with E-state index in [0.717, 1.165) is 32.7 Å². The average molecular weight is 305 g/mol. The van der Waals surface area contributed by atoms with Gasteiger partial charge in [-0.1, -0.05) is 0 Å². The summed E-state index contributed by atoms with van der Waals surface area (Å²) < 4.78 is 5.54. The number of β-amino-alcohol motifs (C(OH)–C–C–N with tert-alkyl or cyclic N) is 2. The molecular weight excluding hydrogens is 282 g/mol. The van der Waals surface area contributed by atoms with Crippen LogP contribution in [-0.2, 0) is 0 Å². The number of nitrogens with zero attached hydrogens (tertiary/aromatic N) is 3. The Morgan fingerprint density at radius 1 is 1.14 bits per heavy atom. The zero-order valence-electron chi connectivity index (χ0n) is 12.7. The quantitative estimate of drug-likeness (QED) is 0.733. The number of aliphatic hydroxyl groups excluding tert-OH is 2. The zero-order valence-corrected chi connectivity index (χ0v) is 12.7. The van der Waals surface area contributed by atoms with Gasteiger partial charge in [-0.15, -0.1) is 0 Å². The summed E-state index contributed by atoms with van der Waals surface area (Å²) in [5, 5.41) is 27.7. The summed E-state index contributed by atoms with van der Waals surface area (Å²) in [5.74, 6) is 0.658. The molecule has 120 valence electrons. The van der Waals surface area contributed by atoms with Crippen molar-refractivity contribution in [3.05, 3.63) is 29.8 Å². The number of ether oxygens (including phenoxy) is 1. The highest BCUT2D eigenvalue weighted by Gasteiger charge is 2.19. The van der Waals surface area contributed by atoms with E-state index in [1.807, 2.05) is 0 Å². The Labute approximate surface area is 131 Å². The molecule has 0 saturated carbocycles. The van der Waals surface area contributed by atoms with E-state index in [0.29, 0.717) is 17.9 Å². The molecule has 0 radical (unpaired) electrons. The average Bonchev–Trinajstić information content (AvgIpc) is 2.55. The van der Waals surface area contributed by atoms with Crippen LogP contribution in [0.1, 0.15) is 5.56 Å². The van der Waals surface area contributed by atoms with Crippen molar-refractivity contribution in [2.45, 2.75) is 6.10 Å². The molecule has 1 heterocycles. The Hall–Kier alpha value is -1.65. The van der Waals surface area contributed by atoms with E-state index in [1.165, 1.54) is 0 Å². The number of hydrogen-bond donors (Lipinski definition) is 2. The molecule has 2 rings (SSSR count). The predicted molar refractivity (Wildman–Crippen MR) is 82.6 cm³/mol. The second kappa shape index (κ2) is 8.71. The lowest BCUT2D eigenvalue weighted by Gasteiger charge is -2.35. The molecule has 0 spiro atoms. The van der Waals surface area contributed by atoms with Gasteiger partial charge in [-0.2, -0.15) is 5.26 Å². The van der Waals surface area contributed by atoms with E-state index in [2.05, 4.69) is 15.9 Å². The van der Waals surface area contributed by atoms with Gasteiger partial charge in [-0.25, -0.2) is 0 Å². The highest BCUT2D eigenvalue weighted by molar-refractivity contribution is 5.34. The van der Waals surface area contributed by atoms with Gasteiger partial charge >= 0.3 is 0 Å². The Kier molecular flexibility index (Phi) is 6.62. The molecule has 1 fully saturated rings. The second-order valence-corrected chi connectivity index (χ2v) is 5.47. The molecule has 1 unspecified atom stereocenters. The van der Waals surface area contributed by atoms with E-state index in [4.69, 9.17) is 15.1 Å². The second-order valence-electron chi connectivity index (χ2n) is 5.47. The van der Waals surface area contributed by atoms with Gasteiger partial charge < -0.3 is 14.9 Å². The molecule has 22 heavy (non-hydrogen) atoms. The summed E-state index contributed by atoms with van der Waals surface area (Å²) in [4.78, 5) is 4.43. The van der Waals surface area contributed by atoms with Crippen molar-refractivity contribution in [3.63, 3.8) is 0 Å². The number of nitriles is 1. The van der Waals surface area contributed by atoms with Gasteiger partial charge in [0.15, 0.2) is 0 Å². The summed E-state index contributed by atoms with van der Waals surface area (Å²) in [6.45, 7) is 5.38. The van der Waals surface area contributed by atoms with Crippen molar-refractivity contribution >= 4 is 0 Å². The van der Waals surface area contributed by atoms with E-state index < -0.39 is 6.10 Å². The number of hydrogen-bond acceptors (Lipinski definition) is 6. The fourth-order valence-corrected chi connectivity index (χ4v) is 2.51. The molecule has 1 aliphatic rings. The van der Waals surface area contributed by atoms with Crippen LogP contribution in [0.2, 0.25) is 0 Å².